The Morgan fingerprint density at radius 3 is 0.744 bits per heavy atom. The van der Waals surface area contributed by atoms with E-state index in [-0.39, 0.29) is 31.1 Å². The number of carbonyl (C=O) groups excluding carboxylic acids is 3. The lowest BCUT2D eigenvalue weighted by Gasteiger charge is -2.18. The van der Waals surface area contributed by atoms with Gasteiger partial charge in [-0.25, -0.2) is 0 Å². The van der Waals surface area contributed by atoms with Crippen molar-refractivity contribution in [1.82, 2.24) is 0 Å². The second kappa shape index (κ2) is 69.0. The van der Waals surface area contributed by atoms with Crippen LogP contribution in [0, 0.1) is 0 Å². The summed E-state index contributed by atoms with van der Waals surface area (Å²) in [6.45, 7) is 6.38. The minimum atomic E-state index is -0.793. The summed E-state index contributed by atoms with van der Waals surface area (Å²) >= 11 is 0. The zero-order valence-electron chi connectivity index (χ0n) is 53.5. The number of esters is 3. The summed E-state index contributed by atoms with van der Waals surface area (Å²) < 4.78 is 17.0. The molecule has 0 radical (unpaired) electrons. The average Bonchev–Trinajstić information content (AvgIpc) is 3.48. The standard InChI is InChI=1S/C76H126O6/c1-4-7-10-13-16-19-22-25-28-30-32-34-36-37-38-39-41-42-44-46-48-51-54-57-60-63-66-69-75(78)81-72-73(71-80-74(77)68-65-62-59-56-53-50-27-24-21-18-15-12-9-6-3)82-76(79)70-67-64-61-58-55-52-49-47-45-43-40-35-33-31-29-26-23-20-17-14-11-8-5-2/h7-8,10-11,15-20,24-29,32-35,37-38,73H,4-6,9,12-14,21-23,30-31,36,39-72H2,1-3H3/b10-7-,11-8-,18-15-,19-16-,20-17-,27-24-,28-25-,29-26-,34-32-,35-33-,38-37-. The first-order valence-electron chi connectivity index (χ1n) is 34.2. The van der Waals surface area contributed by atoms with Gasteiger partial charge in [0.25, 0.3) is 0 Å². The number of ether oxygens (including phenoxy) is 3. The van der Waals surface area contributed by atoms with E-state index >= 15 is 0 Å². The molecule has 82 heavy (non-hydrogen) atoms. The monoisotopic (exact) mass is 1130 g/mol. The van der Waals surface area contributed by atoms with Crippen molar-refractivity contribution in [3.63, 3.8) is 0 Å². The van der Waals surface area contributed by atoms with Crippen molar-refractivity contribution in [3.05, 3.63) is 134 Å². The largest absolute Gasteiger partial charge is 0.462 e. The molecule has 0 spiro atoms. The summed E-state index contributed by atoms with van der Waals surface area (Å²) in [5.74, 6) is -0.902. The second-order valence-electron chi connectivity index (χ2n) is 22.3. The Morgan fingerprint density at radius 1 is 0.256 bits per heavy atom. The Hall–Kier alpha value is -4.45. The van der Waals surface area contributed by atoms with E-state index in [4.69, 9.17) is 14.2 Å². The minimum Gasteiger partial charge on any atom is -0.462 e. The molecule has 466 valence electrons. The molecule has 0 aliphatic heterocycles. The zero-order valence-corrected chi connectivity index (χ0v) is 53.5. The highest BCUT2D eigenvalue weighted by molar-refractivity contribution is 5.71. The van der Waals surface area contributed by atoms with Crippen molar-refractivity contribution in [2.75, 3.05) is 13.2 Å². The Bertz CT molecular complexity index is 1730. The second-order valence-corrected chi connectivity index (χ2v) is 22.3. The van der Waals surface area contributed by atoms with E-state index in [2.05, 4.69) is 154 Å². The van der Waals surface area contributed by atoms with E-state index in [0.717, 1.165) is 141 Å². The normalized spacial score (nSPS) is 13.0. The van der Waals surface area contributed by atoms with Crippen molar-refractivity contribution < 1.29 is 28.6 Å². The van der Waals surface area contributed by atoms with Gasteiger partial charge in [-0.2, -0.15) is 0 Å². The molecule has 0 aromatic carbocycles. The van der Waals surface area contributed by atoms with Crippen LogP contribution in [0.3, 0.4) is 0 Å². The van der Waals surface area contributed by atoms with E-state index in [1.165, 1.54) is 128 Å². The maximum atomic E-state index is 13.0. The highest BCUT2D eigenvalue weighted by Gasteiger charge is 2.19. The summed E-state index contributed by atoms with van der Waals surface area (Å²) in [7, 11) is 0. The summed E-state index contributed by atoms with van der Waals surface area (Å²) in [5.41, 5.74) is 0. The molecule has 0 bridgehead atoms. The summed E-state index contributed by atoms with van der Waals surface area (Å²) in [6.07, 6.45) is 97.5. The van der Waals surface area contributed by atoms with Gasteiger partial charge in [-0.15, -0.1) is 0 Å². The molecule has 0 rings (SSSR count). The van der Waals surface area contributed by atoms with Crippen LogP contribution in [-0.2, 0) is 28.6 Å². The number of unbranched alkanes of at least 4 members (excludes halogenated alkanes) is 28. The molecule has 0 aliphatic rings. The first kappa shape index (κ1) is 77.5. The van der Waals surface area contributed by atoms with Gasteiger partial charge in [-0.05, 0) is 128 Å². The van der Waals surface area contributed by atoms with Gasteiger partial charge < -0.3 is 14.2 Å². The van der Waals surface area contributed by atoms with Gasteiger partial charge in [0, 0.05) is 19.3 Å². The van der Waals surface area contributed by atoms with E-state index in [1.807, 2.05) is 0 Å². The molecule has 1 atom stereocenters. The smallest absolute Gasteiger partial charge is 0.306 e. The molecule has 0 N–H and O–H groups in total. The fourth-order valence-electron chi connectivity index (χ4n) is 9.30. The zero-order chi connectivity index (χ0) is 59.2. The Morgan fingerprint density at radius 2 is 0.476 bits per heavy atom. The van der Waals surface area contributed by atoms with Crippen LogP contribution < -0.4 is 0 Å². The SMILES string of the molecule is CC/C=C\C/C=C\C/C=C\C/C=C\C/C=C\CCCCCCCCCCCCCC(=O)OCC(COC(=O)CCCCCCC/C=C\C/C=C\CCCC)OC(=O)CCCCCCCCCCCC/C=C\C/C=C\C/C=C\C/C=C\CC. The van der Waals surface area contributed by atoms with Crippen LogP contribution in [0.2, 0.25) is 0 Å². The summed E-state index contributed by atoms with van der Waals surface area (Å²) in [4.78, 5) is 38.4. The van der Waals surface area contributed by atoms with Gasteiger partial charge >= 0.3 is 17.9 Å². The lowest BCUT2D eigenvalue weighted by molar-refractivity contribution is -0.167. The Kier molecular flexibility index (Phi) is 65.3. The first-order valence-corrected chi connectivity index (χ1v) is 34.2. The Labute approximate surface area is 506 Å². The number of carbonyl (C=O) groups is 3. The van der Waals surface area contributed by atoms with Gasteiger partial charge in [0.05, 0.1) is 0 Å². The lowest BCUT2D eigenvalue weighted by atomic mass is 10.0. The predicted octanol–water partition coefficient (Wildman–Crippen LogP) is 23.7. The molecule has 0 aromatic heterocycles. The van der Waals surface area contributed by atoms with Crippen molar-refractivity contribution in [3.8, 4) is 0 Å². The van der Waals surface area contributed by atoms with Crippen molar-refractivity contribution in [2.24, 2.45) is 0 Å². The number of hydrogen-bond donors (Lipinski definition) is 0. The first-order chi connectivity index (χ1) is 40.5. The summed E-state index contributed by atoms with van der Waals surface area (Å²) in [5, 5.41) is 0. The number of allylic oxidation sites excluding steroid dienone is 22. The lowest BCUT2D eigenvalue weighted by Crippen LogP contribution is -2.30. The topological polar surface area (TPSA) is 78.9 Å². The molecule has 0 saturated heterocycles. The number of rotatable bonds is 61. The average molecular weight is 1140 g/mol. The molecule has 6 nitrogen and oxygen atoms in total. The van der Waals surface area contributed by atoms with E-state index < -0.39 is 6.10 Å². The molecular formula is C76H126O6. The van der Waals surface area contributed by atoms with Crippen molar-refractivity contribution in [2.45, 2.75) is 316 Å². The quantitative estimate of drug-likeness (QED) is 0.0261. The number of hydrogen-bond acceptors (Lipinski definition) is 6. The van der Waals surface area contributed by atoms with Crippen LogP contribution in [0.5, 0.6) is 0 Å². The van der Waals surface area contributed by atoms with Crippen LogP contribution in [0.1, 0.15) is 310 Å². The van der Waals surface area contributed by atoms with Gasteiger partial charge in [0.15, 0.2) is 6.10 Å². The molecule has 0 fully saturated rings. The molecule has 6 heteroatoms. The molecular weight excluding hydrogens is 1010 g/mol. The molecule has 0 saturated carbocycles. The molecule has 0 aliphatic carbocycles. The molecule has 0 heterocycles. The van der Waals surface area contributed by atoms with Crippen molar-refractivity contribution >= 4 is 17.9 Å². The third-order valence-electron chi connectivity index (χ3n) is 14.4. The van der Waals surface area contributed by atoms with Crippen molar-refractivity contribution in [1.29, 1.82) is 0 Å². The molecule has 0 amide bonds. The van der Waals surface area contributed by atoms with E-state index in [9.17, 15) is 14.4 Å². The van der Waals surface area contributed by atoms with Crippen LogP contribution in [0.15, 0.2) is 134 Å². The highest BCUT2D eigenvalue weighted by Crippen LogP contribution is 2.16. The van der Waals surface area contributed by atoms with Gasteiger partial charge in [0.2, 0.25) is 0 Å². The minimum absolute atomic E-state index is 0.0880. The van der Waals surface area contributed by atoms with Gasteiger partial charge in [0.1, 0.15) is 13.2 Å². The summed E-state index contributed by atoms with van der Waals surface area (Å²) in [6, 6.07) is 0. The van der Waals surface area contributed by atoms with E-state index in [0.29, 0.717) is 19.3 Å². The third-order valence-corrected chi connectivity index (χ3v) is 14.4. The van der Waals surface area contributed by atoms with Gasteiger partial charge in [-0.1, -0.05) is 296 Å². The van der Waals surface area contributed by atoms with Gasteiger partial charge in [-0.3, -0.25) is 14.4 Å². The van der Waals surface area contributed by atoms with E-state index in [1.54, 1.807) is 0 Å². The third kappa shape index (κ3) is 66.4. The van der Waals surface area contributed by atoms with Crippen LogP contribution >= 0.6 is 0 Å². The highest BCUT2D eigenvalue weighted by atomic mass is 16.6. The van der Waals surface area contributed by atoms with Crippen LogP contribution in [0.4, 0.5) is 0 Å². The maximum absolute atomic E-state index is 13.0. The maximum Gasteiger partial charge on any atom is 0.306 e. The van der Waals surface area contributed by atoms with Crippen LogP contribution in [-0.4, -0.2) is 37.2 Å². The fraction of sp³-hybridized carbons (Fsp3) is 0.671. The fourth-order valence-corrected chi connectivity index (χ4v) is 9.30. The molecule has 0 aromatic rings. The Balaban J connectivity index is 4.35. The van der Waals surface area contributed by atoms with Crippen LogP contribution in [0.25, 0.3) is 0 Å². The predicted molar refractivity (Wildman–Crippen MR) is 357 cm³/mol. The molecule has 1 unspecified atom stereocenters.